The number of urea groups is 1. The molecule has 0 radical (unpaired) electrons. The highest BCUT2D eigenvalue weighted by molar-refractivity contribution is 7.89. The van der Waals surface area contributed by atoms with Crippen molar-refractivity contribution < 1.29 is 45.8 Å². The summed E-state index contributed by atoms with van der Waals surface area (Å²) in [5.74, 6) is -0.177. The Morgan fingerprint density at radius 2 is 1.83 bits per heavy atom. The number of aliphatic hydroxyl groups is 1. The number of hydrogen-bond acceptors (Lipinski definition) is 7. The van der Waals surface area contributed by atoms with Gasteiger partial charge in [0.25, 0.3) is 0 Å². The Balaban J connectivity index is 1.61. The van der Waals surface area contributed by atoms with Crippen LogP contribution in [0.3, 0.4) is 0 Å². The zero-order valence-corrected chi connectivity index (χ0v) is 28.1. The number of aliphatic hydroxyl groups excluding tert-OH is 1. The van der Waals surface area contributed by atoms with Gasteiger partial charge in [-0.3, -0.25) is 4.79 Å². The summed E-state index contributed by atoms with van der Waals surface area (Å²) in [5, 5.41) is 14.9. The first-order chi connectivity index (χ1) is 22.5. The number of hydrogen-bond donors (Lipinski definition) is 3. The molecule has 3 aromatic carbocycles. The predicted octanol–water partition coefficient (Wildman–Crippen LogP) is 5.48. The van der Waals surface area contributed by atoms with Gasteiger partial charge in [-0.25, -0.2) is 13.2 Å². The molecule has 1 aliphatic heterocycles. The molecule has 0 bridgehead atoms. The number of sulfonamides is 1. The van der Waals surface area contributed by atoms with Crippen molar-refractivity contribution in [3.63, 3.8) is 0 Å². The molecule has 48 heavy (non-hydrogen) atoms. The van der Waals surface area contributed by atoms with Crippen molar-refractivity contribution in [3.8, 4) is 11.5 Å². The highest BCUT2D eigenvalue weighted by Gasteiger charge is 2.34. The van der Waals surface area contributed by atoms with Gasteiger partial charge >= 0.3 is 12.2 Å². The summed E-state index contributed by atoms with van der Waals surface area (Å²) in [4.78, 5) is 27.7. The number of alkyl halides is 3. The lowest BCUT2D eigenvalue weighted by atomic mass is 10.0. The van der Waals surface area contributed by atoms with E-state index in [1.807, 2.05) is 0 Å². The number of methoxy groups -OCH3 is 1. The van der Waals surface area contributed by atoms with Gasteiger partial charge in [-0.1, -0.05) is 24.6 Å². The number of fused-ring (bicyclic) bond motifs is 1. The van der Waals surface area contributed by atoms with Crippen molar-refractivity contribution >= 4 is 44.9 Å². The normalized spacial score (nSPS) is 17.8. The number of halogens is 4. The number of carbonyl (C=O) groups is 2. The highest BCUT2D eigenvalue weighted by Crippen LogP contribution is 2.33. The number of nitrogens with zero attached hydrogens (tertiary/aromatic N) is 2. The van der Waals surface area contributed by atoms with Gasteiger partial charge < -0.3 is 30.1 Å². The number of benzene rings is 3. The molecular weight excluding hydrogens is 677 g/mol. The van der Waals surface area contributed by atoms with Gasteiger partial charge in [0.05, 0.1) is 48.2 Å². The van der Waals surface area contributed by atoms with E-state index >= 15 is 0 Å². The minimum atomic E-state index is -4.59. The lowest BCUT2D eigenvalue weighted by molar-refractivity contribution is -0.137. The third-order valence-corrected chi connectivity index (χ3v) is 10.0. The number of carbonyl (C=O) groups excluding carboxylic acids is 2. The van der Waals surface area contributed by atoms with Gasteiger partial charge in [0.2, 0.25) is 15.9 Å². The van der Waals surface area contributed by atoms with Crippen LogP contribution in [-0.2, 0) is 27.4 Å². The lowest BCUT2D eigenvalue weighted by Gasteiger charge is -2.34. The first-order valence-corrected chi connectivity index (χ1v) is 16.6. The molecule has 3 amide bonds. The Hall–Kier alpha value is -4.05. The van der Waals surface area contributed by atoms with E-state index < -0.39 is 45.9 Å². The molecule has 1 aliphatic rings. The molecule has 0 aromatic heterocycles. The topological polar surface area (TPSA) is 138 Å². The smallest absolute Gasteiger partial charge is 0.416 e. The molecule has 3 aromatic rings. The van der Waals surface area contributed by atoms with Crippen molar-refractivity contribution in [2.75, 3.05) is 44.5 Å². The maximum absolute atomic E-state index is 13.5. The molecule has 3 N–H and O–H groups in total. The Bertz CT molecular complexity index is 1760. The fourth-order valence-electron chi connectivity index (χ4n) is 5.13. The summed E-state index contributed by atoms with van der Waals surface area (Å²) in [6.45, 7) is 3.19. The summed E-state index contributed by atoms with van der Waals surface area (Å²) < 4.78 is 79.0. The number of nitrogens with one attached hydrogen (secondary N) is 2. The van der Waals surface area contributed by atoms with Gasteiger partial charge in [0.15, 0.2) is 0 Å². The standard InChI is InChI=1S/C32H36ClF3N4O7S/c1-19-16-40(20(2)18-41)30(42)13-21-12-24(38-31(43)37-23-7-5-6-22(14-23)32(34,35)36)8-10-27(21)47-29(19)17-39(3)48(44,45)25-9-11-28(46-4)26(33)15-25/h5-12,14-15,19-20,29,41H,13,16-18H2,1-4H3,(H2,37,38,43)/t19-,20-,29-/m0/s1. The summed E-state index contributed by atoms with van der Waals surface area (Å²) in [6, 6.07) is 11.4. The minimum Gasteiger partial charge on any atom is -0.495 e. The van der Waals surface area contributed by atoms with E-state index in [4.69, 9.17) is 21.1 Å². The van der Waals surface area contributed by atoms with Gasteiger partial charge in [-0.2, -0.15) is 17.5 Å². The van der Waals surface area contributed by atoms with E-state index in [9.17, 15) is 36.3 Å². The fourth-order valence-corrected chi connectivity index (χ4v) is 6.66. The Kier molecular flexibility index (Phi) is 11.5. The second-order valence-electron chi connectivity index (χ2n) is 11.5. The minimum absolute atomic E-state index is 0.0586. The van der Waals surface area contributed by atoms with Crippen LogP contribution in [-0.4, -0.2) is 80.7 Å². The quantitative estimate of drug-likeness (QED) is 0.267. The Morgan fingerprint density at radius 3 is 2.46 bits per heavy atom. The predicted molar refractivity (Wildman–Crippen MR) is 174 cm³/mol. The van der Waals surface area contributed by atoms with Crippen molar-refractivity contribution in [3.05, 3.63) is 76.8 Å². The van der Waals surface area contributed by atoms with Crippen LogP contribution in [0.25, 0.3) is 0 Å². The zero-order chi connectivity index (χ0) is 35.4. The Morgan fingerprint density at radius 1 is 1.15 bits per heavy atom. The molecule has 0 spiro atoms. The fraction of sp³-hybridized carbons (Fsp3) is 0.375. The molecule has 11 nitrogen and oxygen atoms in total. The molecule has 0 saturated carbocycles. The van der Waals surface area contributed by atoms with Crippen molar-refractivity contribution in [2.24, 2.45) is 5.92 Å². The first kappa shape index (κ1) is 36.8. The van der Waals surface area contributed by atoms with E-state index in [2.05, 4.69) is 10.6 Å². The van der Waals surface area contributed by atoms with Crippen LogP contribution in [0.1, 0.15) is 25.0 Å². The number of ether oxygens (including phenoxy) is 2. The molecule has 0 unspecified atom stereocenters. The number of amides is 3. The second-order valence-corrected chi connectivity index (χ2v) is 13.9. The number of rotatable bonds is 9. The monoisotopic (exact) mass is 712 g/mol. The molecule has 4 rings (SSSR count). The van der Waals surface area contributed by atoms with E-state index in [-0.39, 0.29) is 59.1 Å². The van der Waals surface area contributed by atoms with E-state index in [1.54, 1.807) is 13.8 Å². The Labute approximate surface area is 281 Å². The number of likely N-dealkylation sites (N-methyl/N-ethyl adjacent to an activating group) is 1. The van der Waals surface area contributed by atoms with Crippen molar-refractivity contribution in [1.29, 1.82) is 0 Å². The average Bonchev–Trinajstić information content (AvgIpc) is 3.07. The van der Waals surface area contributed by atoms with Crippen LogP contribution >= 0.6 is 11.6 Å². The van der Waals surface area contributed by atoms with Crippen molar-refractivity contribution in [2.45, 2.75) is 43.5 Å². The van der Waals surface area contributed by atoms with E-state index in [0.29, 0.717) is 11.3 Å². The third kappa shape index (κ3) is 8.69. The number of anilines is 2. The molecular formula is C32H36ClF3N4O7S. The lowest BCUT2D eigenvalue weighted by Crippen LogP contribution is -2.48. The van der Waals surface area contributed by atoms with Crippen LogP contribution in [0.2, 0.25) is 5.02 Å². The highest BCUT2D eigenvalue weighted by atomic mass is 35.5. The van der Waals surface area contributed by atoms with Crippen LogP contribution in [0, 0.1) is 5.92 Å². The maximum Gasteiger partial charge on any atom is 0.416 e. The molecule has 0 fully saturated rings. The van der Waals surface area contributed by atoms with Gasteiger partial charge in [-0.05, 0) is 61.5 Å². The third-order valence-electron chi connectivity index (χ3n) is 7.89. The summed E-state index contributed by atoms with van der Waals surface area (Å²) in [7, 11) is -1.24. The molecule has 16 heteroatoms. The molecule has 3 atom stereocenters. The van der Waals surface area contributed by atoms with Gasteiger partial charge in [-0.15, -0.1) is 0 Å². The largest absolute Gasteiger partial charge is 0.495 e. The summed E-state index contributed by atoms with van der Waals surface area (Å²) in [6.07, 6.45) is -5.55. The zero-order valence-electron chi connectivity index (χ0n) is 26.5. The van der Waals surface area contributed by atoms with Crippen LogP contribution in [0.4, 0.5) is 29.3 Å². The second kappa shape index (κ2) is 15.0. The van der Waals surface area contributed by atoms with Crippen LogP contribution in [0.15, 0.2) is 65.6 Å². The van der Waals surface area contributed by atoms with Gasteiger partial charge in [0, 0.05) is 36.4 Å². The van der Waals surface area contributed by atoms with Crippen LogP contribution < -0.4 is 20.1 Å². The maximum atomic E-state index is 13.5. The van der Waals surface area contributed by atoms with E-state index in [0.717, 1.165) is 16.4 Å². The van der Waals surface area contributed by atoms with E-state index in [1.165, 1.54) is 67.6 Å². The van der Waals surface area contributed by atoms with Crippen LogP contribution in [0.5, 0.6) is 11.5 Å². The SMILES string of the molecule is COc1ccc(S(=O)(=O)N(C)C[C@@H]2Oc3ccc(NC(=O)Nc4cccc(C(F)(F)F)c4)cc3CC(=O)N([C@@H](C)CO)C[C@@H]2C)cc1Cl. The molecule has 0 aliphatic carbocycles. The molecule has 1 heterocycles. The first-order valence-electron chi connectivity index (χ1n) is 14.8. The summed E-state index contributed by atoms with van der Waals surface area (Å²) in [5.41, 5.74) is -0.426. The van der Waals surface area contributed by atoms with Gasteiger partial charge in [0.1, 0.15) is 17.6 Å². The average molecular weight is 713 g/mol. The summed E-state index contributed by atoms with van der Waals surface area (Å²) >= 11 is 6.19. The molecule has 260 valence electrons. The van der Waals surface area contributed by atoms with Crippen molar-refractivity contribution in [1.82, 2.24) is 9.21 Å². The molecule has 0 saturated heterocycles.